The fourth-order valence-corrected chi connectivity index (χ4v) is 20.5. The molecule has 0 bridgehead atoms. The van der Waals surface area contributed by atoms with Crippen molar-refractivity contribution in [3.8, 4) is 0 Å². The van der Waals surface area contributed by atoms with Crippen molar-refractivity contribution < 1.29 is 33.6 Å². The van der Waals surface area contributed by atoms with Crippen LogP contribution in [0.4, 0.5) is 9.59 Å². The lowest BCUT2D eigenvalue weighted by Crippen LogP contribution is -2.51. The minimum absolute atomic E-state index is 0.0667. The quantitative estimate of drug-likeness (QED) is 0.0432. The van der Waals surface area contributed by atoms with Gasteiger partial charge in [-0.3, -0.25) is 0 Å². The zero-order valence-electron chi connectivity index (χ0n) is 53.5. The Morgan fingerprint density at radius 3 is 1.32 bits per heavy atom. The molecule has 0 radical (unpaired) electrons. The lowest BCUT2D eigenvalue weighted by molar-refractivity contribution is -0.0617. The largest absolute Gasteiger partial charge is 0.508 e. The van der Waals surface area contributed by atoms with E-state index >= 15 is 0 Å². The van der Waals surface area contributed by atoms with E-state index in [1.54, 1.807) is 11.1 Å². The average Bonchev–Trinajstić information content (AvgIpc) is 4.07. The minimum atomic E-state index is -0.482. The van der Waals surface area contributed by atoms with Crippen molar-refractivity contribution in [2.45, 2.75) is 287 Å². The Balaban J connectivity index is 0.657. The molecular weight excluding hydrogens is 991 g/mol. The summed E-state index contributed by atoms with van der Waals surface area (Å²) in [6, 6.07) is 0. The van der Waals surface area contributed by atoms with Crippen LogP contribution in [0.1, 0.15) is 275 Å². The van der Waals surface area contributed by atoms with Gasteiger partial charge in [0.1, 0.15) is 12.2 Å². The number of fused-ring (bicyclic) bond motifs is 10. The topological polar surface area (TPSA) is 94.5 Å². The highest BCUT2D eigenvalue weighted by atomic mass is 16.7. The van der Waals surface area contributed by atoms with Crippen LogP contribution >= 0.6 is 0 Å². The number of aliphatic hydroxyl groups excluding tert-OH is 1. The fraction of sp³-hybridized carbons (Fsp3) is 0.917. The molecule has 0 aromatic heterocycles. The van der Waals surface area contributed by atoms with E-state index in [0.717, 1.165) is 193 Å². The molecule has 0 unspecified atom stereocenters. The second kappa shape index (κ2) is 29.4. The van der Waals surface area contributed by atoms with E-state index < -0.39 is 12.3 Å². The van der Waals surface area contributed by atoms with Gasteiger partial charge in [0.25, 0.3) is 0 Å². The second-order valence-electron chi connectivity index (χ2n) is 30.8. The summed E-state index contributed by atoms with van der Waals surface area (Å²) in [5, 5.41) is 9.47. The molecule has 8 aliphatic carbocycles. The van der Waals surface area contributed by atoms with Crippen LogP contribution in [0.15, 0.2) is 23.3 Å². The zero-order valence-corrected chi connectivity index (χ0v) is 53.5. The van der Waals surface area contributed by atoms with Gasteiger partial charge in [-0.15, -0.1) is 0 Å². The molecule has 0 heterocycles. The molecule has 0 spiro atoms. The first-order chi connectivity index (χ1) is 38.4. The van der Waals surface area contributed by atoms with Crippen LogP contribution in [0.2, 0.25) is 0 Å². The third-order valence-corrected chi connectivity index (χ3v) is 25.1. The lowest BCUT2D eigenvalue weighted by Gasteiger charge is -2.58. The van der Waals surface area contributed by atoms with Crippen LogP contribution in [0.5, 0.6) is 0 Å². The molecule has 80 heavy (non-hydrogen) atoms. The maximum absolute atomic E-state index is 12.9. The van der Waals surface area contributed by atoms with Crippen molar-refractivity contribution in [1.82, 2.24) is 4.90 Å². The van der Waals surface area contributed by atoms with E-state index in [1.807, 2.05) is 0 Å². The van der Waals surface area contributed by atoms with Crippen LogP contribution in [0, 0.1) is 92.7 Å². The Kier molecular flexibility index (Phi) is 23.5. The van der Waals surface area contributed by atoms with Gasteiger partial charge in [-0.25, -0.2) is 9.59 Å². The van der Waals surface area contributed by atoms with E-state index in [2.05, 4.69) is 86.3 Å². The van der Waals surface area contributed by atoms with Gasteiger partial charge in [0.15, 0.2) is 0 Å². The molecule has 1 N–H and O–H groups in total. The molecule has 0 aliphatic heterocycles. The Morgan fingerprint density at radius 1 is 0.500 bits per heavy atom. The summed E-state index contributed by atoms with van der Waals surface area (Å²) in [5.41, 5.74) is 4.63. The highest BCUT2D eigenvalue weighted by Gasteiger charge is 2.61. The van der Waals surface area contributed by atoms with Crippen molar-refractivity contribution in [3.05, 3.63) is 23.3 Å². The fourth-order valence-electron chi connectivity index (χ4n) is 20.5. The molecule has 6 fully saturated rings. The molecule has 8 heteroatoms. The van der Waals surface area contributed by atoms with Gasteiger partial charge in [0.2, 0.25) is 0 Å². The third-order valence-electron chi connectivity index (χ3n) is 25.1. The van der Waals surface area contributed by atoms with E-state index in [9.17, 15) is 14.7 Å². The Morgan fingerprint density at radius 2 is 0.912 bits per heavy atom. The number of hydrogen-bond donors (Lipinski definition) is 1. The van der Waals surface area contributed by atoms with Gasteiger partial charge in [0.05, 0.1) is 13.2 Å². The van der Waals surface area contributed by atoms with E-state index in [4.69, 9.17) is 18.9 Å². The smallest absolute Gasteiger partial charge is 0.434 e. The molecule has 0 amide bonds. The Bertz CT molecular complexity index is 1860. The van der Waals surface area contributed by atoms with Gasteiger partial charge < -0.3 is 29.0 Å². The number of unbranched alkanes of at least 4 members (excludes halogenated alkanes) is 7. The number of ether oxygens (including phenoxy) is 4. The summed E-state index contributed by atoms with van der Waals surface area (Å²) >= 11 is 0. The predicted octanol–water partition coefficient (Wildman–Crippen LogP) is 19.3. The number of hydrogen-bond acceptors (Lipinski definition) is 8. The standard InChI is InChI=1S/C72H123NO7/c1-51(2)23-21-25-53(5)61-31-33-63-59-29-27-55-49-57(35-39-69(55,7)65(59)37-41-71(61,63)9)79-67(75)77-47-19-13-11-15-43-73(45-17-18-46-74)44-16-12-14-20-48-78-68(76)80-58-36-40-70(8)56(50-58)28-30-60-64-34-32-62(54(6)26-22-24-52(3)4)72(64,10)42-38-66(60)70/h27-28,51-54,57-66,74H,11-26,29-50H2,1-10H3/t53-,54-,57+,58+,59+,60+,61-,62-,63+,64+,65+,66+,69+,70+,71-,72-/m1/s1. The lowest BCUT2D eigenvalue weighted by atomic mass is 9.47. The molecule has 458 valence electrons. The average molecular weight is 1110 g/mol. The number of rotatable bonds is 30. The number of carbonyl (C=O) groups is 2. The number of carbonyl (C=O) groups excluding carboxylic acids is 2. The first-order valence-electron chi connectivity index (χ1n) is 34.8. The van der Waals surface area contributed by atoms with Crippen LogP contribution in [0.3, 0.4) is 0 Å². The van der Waals surface area contributed by atoms with Gasteiger partial charge in [-0.1, -0.05) is 157 Å². The van der Waals surface area contributed by atoms with Crippen molar-refractivity contribution in [2.75, 3.05) is 39.5 Å². The summed E-state index contributed by atoms with van der Waals surface area (Å²) in [4.78, 5) is 28.5. The maximum Gasteiger partial charge on any atom is 0.508 e. The first kappa shape index (κ1) is 63.9. The normalized spacial score (nSPS) is 36.2. The van der Waals surface area contributed by atoms with Crippen LogP contribution in [-0.2, 0) is 18.9 Å². The van der Waals surface area contributed by atoms with Crippen LogP contribution in [-0.4, -0.2) is 74.0 Å². The number of aliphatic hydroxyl groups is 1. The third kappa shape index (κ3) is 15.3. The Labute approximate surface area is 491 Å². The monoisotopic (exact) mass is 1110 g/mol. The van der Waals surface area contributed by atoms with E-state index in [0.29, 0.717) is 24.0 Å². The molecule has 8 rings (SSSR count). The molecule has 0 aromatic rings. The molecule has 0 saturated heterocycles. The SMILES string of the molecule is CC(C)CCC[C@@H](C)[C@H]1CC[C@H]2[C@@H]3CC=C4C[C@@H](OC(=O)OCCCCCCN(CCCCO)CCCCCCOC(=O)O[C@H]5CC[C@@]6(C)C(=CC[C@H]7[C@@H]8CC[C@H]([C@H](C)CCCC(C)C)[C@@]8(C)CC[C@@H]76)C5)CC[C@]4(C)[C@H]3CC[C@]12C. The van der Waals surface area contributed by atoms with Gasteiger partial charge in [-0.2, -0.15) is 0 Å². The first-order valence-corrected chi connectivity index (χ1v) is 34.8. The van der Waals surface area contributed by atoms with Crippen LogP contribution < -0.4 is 0 Å². The zero-order chi connectivity index (χ0) is 57.1. The van der Waals surface area contributed by atoms with Crippen LogP contribution in [0.25, 0.3) is 0 Å². The van der Waals surface area contributed by atoms with Gasteiger partial charge >= 0.3 is 12.3 Å². The summed E-state index contributed by atoms with van der Waals surface area (Å²) in [6.07, 6.45) is 42.1. The highest BCUT2D eigenvalue weighted by molar-refractivity contribution is 5.60. The van der Waals surface area contributed by atoms with Gasteiger partial charge in [-0.05, 0) is 241 Å². The van der Waals surface area contributed by atoms with E-state index in [-0.39, 0.29) is 29.6 Å². The van der Waals surface area contributed by atoms with Crippen molar-refractivity contribution in [2.24, 2.45) is 92.7 Å². The highest BCUT2D eigenvalue weighted by Crippen LogP contribution is 2.69. The molecule has 8 aliphatic rings. The maximum atomic E-state index is 12.9. The molecular formula is C72H123NO7. The number of nitrogens with zero attached hydrogens (tertiary/aromatic N) is 1. The second-order valence-corrected chi connectivity index (χ2v) is 30.8. The summed E-state index contributed by atoms with van der Waals surface area (Å²) in [7, 11) is 0. The summed E-state index contributed by atoms with van der Waals surface area (Å²) in [6.45, 7) is 29.3. The minimum Gasteiger partial charge on any atom is -0.434 e. The summed E-state index contributed by atoms with van der Waals surface area (Å²) in [5.74, 6) is 9.98. The van der Waals surface area contributed by atoms with E-state index in [1.165, 1.54) is 103 Å². The van der Waals surface area contributed by atoms with Crippen molar-refractivity contribution in [3.63, 3.8) is 0 Å². The van der Waals surface area contributed by atoms with Crippen molar-refractivity contribution >= 4 is 12.3 Å². The molecule has 8 nitrogen and oxygen atoms in total. The predicted molar refractivity (Wildman–Crippen MR) is 328 cm³/mol. The molecule has 16 atom stereocenters. The molecule has 0 aromatic carbocycles. The van der Waals surface area contributed by atoms with Gasteiger partial charge in [0, 0.05) is 19.4 Å². The number of allylic oxidation sites excluding steroid dienone is 2. The molecule has 6 saturated carbocycles. The summed E-state index contributed by atoms with van der Waals surface area (Å²) < 4.78 is 23.3. The van der Waals surface area contributed by atoms with Crippen molar-refractivity contribution in [1.29, 1.82) is 0 Å². The Hall–Kier alpha value is -2.06.